The zero-order valence-corrected chi connectivity index (χ0v) is 45.6. The standard InChI is InChI=1S/C48H100N14O14/c49-11-27-69-35-39-73-31-19-57-45(65)53-15-23-61(24-16-54-46(66)58-20-32-74-40-36-70-28-12-50)43(63)9-7-5-3-1-2-4-6-8-10-44(64)62(25-17-55-47(67)59-21-33-75-41-37-71-29-13-51)26-18-56-48(68)60-22-34-76-42-38-72-30-14-52/h1-42,49-52H2,(H2,53,57,65)(H2,54,58,66)(H2,55,59,67)(H2,56,60,68). The second-order valence-electron chi connectivity index (χ2n) is 16.9. The minimum Gasteiger partial charge on any atom is -0.378 e. The molecule has 0 spiro atoms. The Labute approximate surface area is 451 Å². The number of ether oxygens (including phenoxy) is 8. The van der Waals surface area contributed by atoms with Gasteiger partial charge < -0.3 is 113 Å². The van der Waals surface area contributed by atoms with Crippen LogP contribution in [0.25, 0.3) is 0 Å². The first-order valence-electron chi connectivity index (χ1n) is 27.2. The van der Waals surface area contributed by atoms with Crippen LogP contribution in [0.4, 0.5) is 19.2 Å². The number of rotatable bonds is 55. The van der Waals surface area contributed by atoms with Crippen molar-refractivity contribution in [1.82, 2.24) is 52.3 Å². The van der Waals surface area contributed by atoms with E-state index in [0.717, 1.165) is 38.5 Å². The molecule has 0 bridgehead atoms. The van der Waals surface area contributed by atoms with E-state index in [2.05, 4.69) is 42.5 Å². The van der Waals surface area contributed by atoms with Crippen molar-refractivity contribution in [3.05, 3.63) is 0 Å². The minimum absolute atomic E-state index is 0.0684. The molecule has 28 nitrogen and oxygen atoms in total. The van der Waals surface area contributed by atoms with Crippen molar-refractivity contribution in [2.45, 2.75) is 64.2 Å². The van der Waals surface area contributed by atoms with E-state index < -0.39 is 0 Å². The molecule has 28 heteroatoms. The molecule has 0 atom stereocenters. The molecule has 0 fully saturated rings. The van der Waals surface area contributed by atoms with Crippen LogP contribution in [0, 0.1) is 0 Å². The third-order valence-corrected chi connectivity index (χ3v) is 10.6. The number of nitrogens with two attached hydrogens (primary N) is 4. The fourth-order valence-corrected chi connectivity index (χ4v) is 6.69. The Morgan fingerprint density at radius 3 is 0.684 bits per heavy atom. The summed E-state index contributed by atoms with van der Waals surface area (Å²) in [4.78, 5) is 79.4. The second kappa shape index (κ2) is 56.7. The van der Waals surface area contributed by atoms with Crippen LogP contribution in [0.3, 0.4) is 0 Å². The topological polar surface area (TPSA) is 383 Å². The lowest BCUT2D eigenvalue weighted by Gasteiger charge is -2.23. The second-order valence-corrected chi connectivity index (χ2v) is 16.9. The van der Waals surface area contributed by atoms with Gasteiger partial charge in [-0.3, -0.25) is 9.59 Å². The highest BCUT2D eigenvalue weighted by molar-refractivity contribution is 5.78. The van der Waals surface area contributed by atoms with Crippen LogP contribution < -0.4 is 65.5 Å². The monoisotopic (exact) mass is 1100 g/mol. The normalized spacial score (nSPS) is 10.9. The van der Waals surface area contributed by atoms with E-state index in [-0.39, 0.29) is 88.3 Å². The third kappa shape index (κ3) is 50.4. The van der Waals surface area contributed by atoms with Gasteiger partial charge in [0.25, 0.3) is 0 Å². The predicted molar refractivity (Wildman–Crippen MR) is 288 cm³/mol. The lowest BCUT2D eigenvalue weighted by Crippen LogP contribution is -2.46. The van der Waals surface area contributed by atoms with E-state index in [0.29, 0.717) is 184 Å². The Hall–Kier alpha value is -4.46. The molecule has 0 aromatic heterocycles. The lowest BCUT2D eigenvalue weighted by molar-refractivity contribution is -0.132. The van der Waals surface area contributed by atoms with Crippen molar-refractivity contribution >= 4 is 35.9 Å². The quantitative estimate of drug-likeness (QED) is 0.0285. The maximum atomic E-state index is 13.3. The first-order valence-corrected chi connectivity index (χ1v) is 27.2. The molecular weight excluding hydrogens is 997 g/mol. The number of hydrogen-bond acceptors (Lipinski definition) is 18. The van der Waals surface area contributed by atoms with Crippen LogP contribution in [0.2, 0.25) is 0 Å². The highest BCUT2D eigenvalue weighted by Gasteiger charge is 2.16. The van der Waals surface area contributed by atoms with Crippen molar-refractivity contribution in [1.29, 1.82) is 0 Å². The van der Waals surface area contributed by atoms with Gasteiger partial charge in [-0.2, -0.15) is 0 Å². The fraction of sp³-hybridized carbons (Fsp3) is 0.875. The number of carbonyl (C=O) groups is 6. The van der Waals surface area contributed by atoms with Gasteiger partial charge >= 0.3 is 24.1 Å². The lowest BCUT2D eigenvalue weighted by atomic mass is 10.1. The first kappa shape index (κ1) is 71.5. The summed E-state index contributed by atoms with van der Waals surface area (Å²) in [5.74, 6) is -0.137. The molecular formula is C48H100N14O14. The summed E-state index contributed by atoms with van der Waals surface area (Å²) in [6.45, 7) is 11.3. The molecule has 0 unspecified atom stereocenters. The highest BCUT2D eigenvalue weighted by Crippen LogP contribution is 2.12. The first-order chi connectivity index (χ1) is 37.2. The summed E-state index contributed by atoms with van der Waals surface area (Å²) in [7, 11) is 0. The molecule has 0 heterocycles. The number of carbonyl (C=O) groups excluding carboxylic acids is 6. The summed E-state index contributed by atoms with van der Waals surface area (Å²) in [5.41, 5.74) is 21.6. The molecule has 10 amide bonds. The van der Waals surface area contributed by atoms with Crippen LogP contribution in [0.5, 0.6) is 0 Å². The summed E-state index contributed by atoms with van der Waals surface area (Å²) < 4.78 is 42.7. The largest absolute Gasteiger partial charge is 0.378 e. The number of hydrogen-bond donors (Lipinski definition) is 12. The van der Waals surface area contributed by atoms with E-state index in [1.165, 1.54) is 0 Å². The Balaban J connectivity index is 4.80. The van der Waals surface area contributed by atoms with Crippen molar-refractivity contribution in [2.24, 2.45) is 22.9 Å². The van der Waals surface area contributed by atoms with Gasteiger partial charge in [0.1, 0.15) is 0 Å². The smallest absolute Gasteiger partial charge is 0.314 e. The average Bonchev–Trinajstić information content (AvgIpc) is 3.41. The molecule has 0 saturated carbocycles. The molecule has 0 aliphatic rings. The summed E-state index contributed by atoms with van der Waals surface area (Å²) in [6.07, 6.45) is 7.68. The predicted octanol–water partition coefficient (Wildman–Crippen LogP) is -2.29. The summed E-state index contributed by atoms with van der Waals surface area (Å²) >= 11 is 0. The van der Waals surface area contributed by atoms with Crippen LogP contribution in [-0.2, 0) is 47.5 Å². The molecule has 76 heavy (non-hydrogen) atoms. The maximum absolute atomic E-state index is 13.3. The van der Waals surface area contributed by atoms with Crippen molar-refractivity contribution in [3.63, 3.8) is 0 Å². The number of unbranched alkanes of at least 4 members (excludes halogenated alkanes) is 7. The van der Waals surface area contributed by atoms with Gasteiger partial charge in [0.05, 0.1) is 106 Å². The maximum Gasteiger partial charge on any atom is 0.314 e. The van der Waals surface area contributed by atoms with Gasteiger partial charge in [0.2, 0.25) is 11.8 Å². The Morgan fingerprint density at radius 1 is 0.263 bits per heavy atom. The molecule has 16 N–H and O–H groups in total. The molecule has 0 aromatic carbocycles. The van der Waals surface area contributed by atoms with Gasteiger partial charge in [-0.25, -0.2) is 19.2 Å². The number of nitrogens with zero attached hydrogens (tertiary/aromatic N) is 2. The zero-order valence-electron chi connectivity index (χ0n) is 45.6. The molecule has 0 aromatic rings. The van der Waals surface area contributed by atoms with E-state index in [9.17, 15) is 28.8 Å². The number of urea groups is 4. The average molecular weight is 1100 g/mol. The Morgan fingerprint density at radius 2 is 0.461 bits per heavy atom. The van der Waals surface area contributed by atoms with Crippen LogP contribution in [0.1, 0.15) is 64.2 Å². The molecule has 446 valence electrons. The Bertz CT molecular complexity index is 1230. The fourth-order valence-electron chi connectivity index (χ4n) is 6.69. The van der Waals surface area contributed by atoms with Gasteiger partial charge in [0, 0.05) is 118 Å². The highest BCUT2D eigenvalue weighted by atomic mass is 16.5. The van der Waals surface area contributed by atoms with Gasteiger partial charge in [0.15, 0.2) is 0 Å². The third-order valence-electron chi connectivity index (χ3n) is 10.6. The zero-order chi connectivity index (χ0) is 55.6. The van der Waals surface area contributed by atoms with Gasteiger partial charge in [-0.1, -0.05) is 38.5 Å². The van der Waals surface area contributed by atoms with Gasteiger partial charge in [-0.05, 0) is 12.8 Å². The van der Waals surface area contributed by atoms with Crippen molar-refractivity contribution in [3.8, 4) is 0 Å². The molecule has 0 radical (unpaired) electrons. The molecule has 0 aliphatic heterocycles. The van der Waals surface area contributed by atoms with Crippen LogP contribution in [-0.4, -0.2) is 256 Å². The van der Waals surface area contributed by atoms with Crippen molar-refractivity contribution in [2.75, 3.05) is 210 Å². The van der Waals surface area contributed by atoms with Gasteiger partial charge in [-0.15, -0.1) is 0 Å². The molecule has 0 saturated heterocycles. The van der Waals surface area contributed by atoms with E-state index in [1.54, 1.807) is 9.80 Å². The van der Waals surface area contributed by atoms with Crippen molar-refractivity contribution < 1.29 is 66.7 Å². The number of nitrogens with one attached hydrogen (secondary N) is 8. The molecule has 0 rings (SSSR count). The van der Waals surface area contributed by atoms with Crippen LogP contribution >= 0.6 is 0 Å². The number of amides is 10. The summed E-state index contributed by atoms with van der Waals surface area (Å²) in [6, 6.07) is -1.53. The van der Waals surface area contributed by atoms with Crippen LogP contribution in [0.15, 0.2) is 0 Å². The van der Waals surface area contributed by atoms with E-state index >= 15 is 0 Å². The van der Waals surface area contributed by atoms with E-state index in [1.807, 2.05) is 0 Å². The molecule has 0 aliphatic carbocycles. The minimum atomic E-state index is -0.382. The summed E-state index contributed by atoms with van der Waals surface area (Å²) in [5, 5.41) is 22.0. The van der Waals surface area contributed by atoms with E-state index in [4.69, 9.17) is 60.8 Å². The SMILES string of the molecule is NCCOCCOCCNC(=O)NCCN(CCNC(=O)NCCOCCOCCN)C(=O)CCCCCCCCCCC(=O)N(CCNC(=O)NCCOCCOCCN)CCNC(=O)NCCOCCOCCN. The Kier molecular flexibility index (Phi) is 53.4.